The van der Waals surface area contributed by atoms with Crippen LogP contribution < -0.4 is 5.73 Å². The van der Waals surface area contributed by atoms with Crippen molar-refractivity contribution < 1.29 is 4.74 Å². The van der Waals surface area contributed by atoms with Crippen LogP contribution in [-0.2, 0) is 4.74 Å². The third-order valence-electron chi connectivity index (χ3n) is 3.11. The van der Waals surface area contributed by atoms with Gasteiger partial charge in [-0.1, -0.05) is 18.2 Å². The molecule has 0 bridgehead atoms. The van der Waals surface area contributed by atoms with Crippen molar-refractivity contribution >= 4 is 33.2 Å². The van der Waals surface area contributed by atoms with E-state index in [1.807, 2.05) is 11.8 Å². The van der Waals surface area contributed by atoms with E-state index in [4.69, 9.17) is 10.5 Å². The Morgan fingerprint density at radius 2 is 2.29 bits per heavy atom. The first-order valence-corrected chi connectivity index (χ1v) is 7.81. The quantitative estimate of drug-likeness (QED) is 0.906. The lowest BCUT2D eigenvalue weighted by molar-refractivity contribution is 0.0573. The van der Waals surface area contributed by atoms with Crippen LogP contribution in [0.1, 0.15) is 11.6 Å². The lowest BCUT2D eigenvalue weighted by Gasteiger charge is -2.28. The smallest absolute Gasteiger partial charge is 0.0858 e. The number of thiophene rings is 1. The first-order valence-electron chi connectivity index (χ1n) is 5.77. The van der Waals surface area contributed by atoms with Gasteiger partial charge in [-0.15, -0.1) is 11.3 Å². The van der Waals surface area contributed by atoms with Crippen molar-refractivity contribution in [2.45, 2.75) is 12.1 Å². The maximum Gasteiger partial charge on any atom is 0.0858 e. The van der Waals surface area contributed by atoms with Crippen LogP contribution in [0.15, 0.2) is 29.6 Å². The molecule has 2 aromatic rings. The topological polar surface area (TPSA) is 35.2 Å². The van der Waals surface area contributed by atoms with Gasteiger partial charge in [0.05, 0.1) is 18.8 Å². The molecule has 2 unspecified atom stereocenters. The molecule has 2 N–H and O–H groups in total. The summed E-state index contributed by atoms with van der Waals surface area (Å²) in [5, 5.41) is 3.41. The summed E-state index contributed by atoms with van der Waals surface area (Å²) in [6.07, 6.45) is 0.154. The monoisotopic (exact) mass is 265 g/mol. The number of rotatable bonds is 2. The molecule has 1 aromatic heterocycles. The molecule has 1 saturated heterocycles. The van der Waals surface area contributed by atoms with Crippen molar-refractivity contribution in [3.8, 4) is 0 Å². The van der Waals surface area contributed by atoms with Gasteiger partial charge in [0.15, 0.2) is 0 Å². The van der Waals surface area contributed by atoms with E-state index < -0.39 is 0 Å². The highest BCUT2D eigenvalue weighted by molar-refractivity contribution is 7.99. The fourth-order valence-electron chi connectivity index (χ4n) is 2.19. The SMILES string of the molecule is NC(c1cccc2ccsc12)C1CSCCO1. The first kappa shape index (κ1) is 11.5. The van der Waals surface area contributed by atoms with Crippen LogP contribution in [0.2, 0.25) is 0 Å². The lowest BCUT2D eigenvalue weighted by Crippen LogP contribution is -2.34. The molecule has 90 valence electrons. The van der Waals surface area contributed by atoms with E-state index in [2.05, 4.69) is 29.6 Å². The fraction of sp³-hybridized carbons (Fsp3) is 0.385. The summed E-state index contributed by atoms with van der Waals surface area (Å²) in [6.45, 7) is 0.823. The number of benzene rings is 1. The predicted octanol–water partition coefficient (Wildman–Crippen LogP) is 3.03. The van der Waals surface area contributed by atoms with E-state index in [0.717, 1.165) is 18.1 Å². The van der Waals surface area contributed by atoms with Crippen molar-refractivity contribution in [1.82, 2.24) is 0 Å². The van der Waals surface area contributed by atoms with E-state index in [-0.39, 0.29) is 12.1 Å². The summed E-state index contributed by atoms with van der Waals surface area (Å²) >= 11 is 3.70. The molecule has 1 fully saturated rings. The molecule has 2 atom stereocenters. The highest BCUT2D eigenvalue weighted by Crippen LogP contribution is 2.31. The van der Waals surface area contributed by atoms with Gasteiger partial charge in [0.25, 0.3) is 0 Å². The zero-order chi connectivity index (χ0) is 11.7. The summed E-state index contributed by atoms with van der Waals surface area (Å²) in [4.78, 5) is 0. The van der Waals surface area contributed by atoms with E-state index in [9.17, 15) is 0 Å². The largest absolute Gasteiger partial charge is 0.375 e. The van der Waals surface area contributed by atoms with Gasteiger partial charge >= 0.3 is 0 Å². The minimum Gasteiger partial charge on any atom is -0.375 e. The van der Waals surface area contributed by atoms with Gasteiger partial charge in [-0.25, -0.2) is 0 Å². The Hall–Kier alpha value is -0.550. The van der Waals surface area contributed by atoms with Crippen molar-refractivity contribution in [2.24, 2.45) is 5.73 Å². The van der Waals surface area contributed by atoms with Gasteiger partial charge in [-0.2, -0.15) is 11.8 Å². The molecule has 0 aliphatic carbocycles. The Labute approximate surface area is 109 Å². The normalized spacial score (nSPS) is 22.8. The Morgan fingerprint density at radius 3 is 3.12 bits per heavy atom. The van der Waals surface area contributed by atoms with Gasteiger partial charge in [0.1, 0.15) is 0 Å². The predicted molar refractivity (Wildman–Crippen MR) is 75.8 cm³/mol. The van der Waals surface area contributed by atoms with Gasteiger partial charge in [-0.05, 0) is 22.4 Å². The Morgan fingerprint density at radius 1 is 1.35 bits per heavy atom. The molecule has 1 aliphatic rings. The zero-order valence-electron chi connectivity index (χ0n) is 9.46. The fourth-order valence-corrected chi connectivity index (χ4v) is 4.07. The molecule has 0 radical (unpaired) electrons. The van der Waals surface area contributed by atoms with Crippen molar-refractivity contribution in [3.05, 3.63) is 35.2 Å². The van der Waals surface area contributed by atoms with Crippen LogP contribution in [0.25, 0.3) is 10.1 Å². The summed E-state index contributed by atoms with van der Waals surface area (Å²) in [7, 11) is 0. The minimum absolute atomic E-state index is 0.00912. The Balaban J connectivity index is 1.94. The Kier molecular flexibility index (Phi) is 3.38. The molecular formula is C13H15NOS2. The zero-order valence-corrected chi connectivity index (χ0v) is 11.1. The van der Waals surface area contributed by atoms with Crippen LogP contribution in [0.5, 0.6) is 0 Å². The summed E-state index contributed by atoms with van der Waals surface area (Å²) in [6, 6.07) is 8.49. The molecule has 2 nitrogen and oxygen atoms in total. The lowest BCUT2D eigenvalue weighted by atomic mass is 10.0. The molecule has 0 spiro atoms. The van der Waals surface area contributed by atoms with Crippen LogP contribution in [0, 0.1) is 0 Å². The molecular weight excluding hydrogens is 250 g/mol. The maximum atomic E-state index is 6.36. The van der Waals surface area contributed by atoms with E-state index >= 15 is 0 Å². The van der Waals surface area contributed by atoms with Crippen LogP contribution in [0.3, 0.4) is 0 Å². The van der Waals surface area contributed by atoms with Gasteiger partial charge in [0.2, 0.25) is 0 Å². The second-order valence-corrected chi connectivity index (χ2v) is 6.26. The Bertz CT molecular complexity index is 505. The van der Waals surface area contributed by atoms with Crippen LogP contribution in [-0.4, -0.2) is 24.2 Å². The van der Waals surface area contributed by atoms with Gasteiger partial charge in [-0.3, -0.25) is 0 Å². The molecule has 4 heteroatoms. The number of hydrogen-bond acceptors (Lipinski definition) is 4. The van der Waals surface area contributed by atoms with Crippen molar-refractivity contribution in [3.63, 3.8) is 0 Å². The minimum atomic E-state index is -0.00912. The molecule has 3 rings (SSSR count). The van der Waals surface area contributed by atoms with Crippen molar-refractivity contribution in [1.29, 1.82) is 0 Å². The molecule has 0 amide bonds. The van der Waals surface area contributed by atoms with Crippen molar-refractivity contribution in [2.75, 3.05) is 18.1 Å². The van der Waals surface area contributed by atoms with Crippen LogP contribution >= 0.6 is 23.1 Å². The third-order valence-corrected chi connectivity index (χ3v) is 5.11. The molecule has 17 heavy (non-hydrogen) atoms. The van der Waals surface area contributed by atoms with E-state index in [1.165, 1.54) is 15.6 Å². The third kappa shape index (κ3) is 2.22. The molecule has 0 saturated carbocycles. The molecule has 2 heterocycles. The summed E-state index contributed by atoms with van der Waals surface area (Å²) in [5.41, 5.74) is 7.59. The van der Waals surface area contributed by atoms with E-state index in [0.29, 0.717) is 0 Å². The highest BCUT2D eigenvalue weighted by Gasteiger charge is 2.24. The average Bonchev–Trinajstić information content (AvgIpc) is 2.87. The molecule has 1 aliphatic heterocycles. The maximum absolute atomic E-state index is 6.36. The second-order valence-electron chi connectivity index (χ2n) is 4.20. The summed E-state index contributed by atoms with van der Waals surface area (Å²) < 4.78 is 7.08. The number of fused-ring (bicyclic) bond motifs is 1. The highest BCUT2D eigenvalue weighted by atomic mass is 32.2. The molecule has 1 aromatic carbocycles. The van der Waals surface area contributed by atoms with Crippen LogP contribution in [0.4, 0.5) is 0 Å². The van der Waals surface area contributed by atoms with Gasteiger partial charge in [0, 0.05) is 16.2 Å². The first-order chi connectivity index (χ1) is 8.36. The average molecular weight is 265 g/mol. The number of nitrogens with two attached hydrogens (primary N) is 1. The number of hydrogen-bond donors (Lipinski definition) is 1. The number of thioether (sulfide) groups is 1. The van der Waals surface area contributed by atoms with E-state index in [1.54, 1.807) is 11.3 Å². The standard InChI is InChI=1S/C13H15NOS2/c14-12(11-8-16-7-5-15-11)10-3-1-2-9-4-6-17-13(9)10/h1-4,6,11-12H,5,7-8,14H2. The number of ether oxygens (including phenoxy) is 1. The summed E-state index contributed by atoms with van der Waals surface area (Å²) in [5.74, 6) is 2.09. The second kappa shape index (κ2) is 4.98. The van der Waals surface area contributed by atoms with Gasteiger partial charge < -0.3 is 10.5 Å².